The number of nitrogens with zero attached hydrogens (tertiary/aromatic N) is 1. The molecule has 0 unspecified atom stereocenters. The normalized spacial score (nSPS) is 15.3. The van der Waals surface area contributed by atoms with Crippen molar-refractivity contribution >= 4 is 21.6 Å². The molecule has 1 fully saturated rings. The van der Waals surface area contributed by atoms with E-state index in [0.717, 1.165) is 17.9 Å². The molecule has 0 atom stereocenters. The van der Waals surface area contributed by atoms with Gasteiger partial charge in [-0.05, 0) is 49.7 Å². The molecule has 6 nitrogen and oxygen atoms in total. The highest BCUT2D eigenvalue weighted by atomic mass is 32.2. The lowest BCUT2D eigenvalue weighted by Crippen LogP contribution is -2.25. The van der Waals surface area contributed by atoms with Crippen molar-refractivity contribution in [1.82, 2.24) is 4.72 Å². The van der Waals surface area contributed by atoms with Crippen molar-refractivity contribution in [3.05, 3.63) is 47.9 Å². The zero-order chi connectivity index (χ0) is 16.4. The first-order valence-corrected chi connectivity index (χ1v) is 8.89. The van der Waals surface area contributed by atoms with Gasteiger partial charge in [0.2, 0.25) is 15.9 Å². The molecular weight excluding hydrogens is 316 g/mol. The molecule has 0 aliphatic carbocycles. The van der Waals surface area contributed by atoms with Gasteiger partial charge in [-0.1, -0.05) is 0 Å². The van der Waals surface area contributed by atoms with Crippen LogP contribution < -0.4 is 9.62 Å². The number of carbonyl (C=O) groups is 1. The lowest BCUT2D eigenvalue weighted by atomic mass is 10.3. The zero-order valence-electron chi connectivity index (χ0n) is 12.8. The highest BCUT2D eigenvalue weighted by Gasteiger charge is 2.22. The SMILES string of the molecule is Cc1ccc(CNS(=O)(=O)c2ccc(N3CCCC3=O)cc2)o1. The second kappa shape index (κ2) is 6.17. The molecule has 1 aliphatic heterocycles. The molecule has 1 N–H and O–H groups in total. The van der Waals surface area contributed by atoms with E-state index in [1.54, 1.807) is 36.1 Å². The minimum Gasteiger partial charge on any atom is -0.465 e. The van der Waals surface area contributed by atoms with Crippen molar-refractivity contribution in [3.63, 3.8) is 0 Å². The summed E-state index contributed by atoms with van der Waals surface area (Å²) in [6, 6.07) is 9.86. The fourth-order valence-corrected chi connectivity index (χ4v) is 3.55. The van der Waals surface area contributed by atoms with E-state index in [1.165, 1.54) is 12.1 Å². The van der Waals surface area contributed by atoms with Crippen LogP contribution in [0.15, 0.2) is 45.7 Å². The number of hydrogen-bond acceptors (Lipinski definition) is 4. The predicted molar refractivity (Wildman–Crippen MR) is 85.5 cm³/mol. The molecule has 23 heavy (non-hydrogen) atoms. The summed E-state index contributed by atoms with van der Waals surface area (Å²) < 4.78 is 32.4. The minimum absolute atomic E-state index is 0.0759. The highest BCUT2D eigenvalue weighted by Crippen LogP contribution is 2.23. The lowest BCUT2D eigenvalue weighted by molar-refractivity contribution is -0.117. The fourth-order valence-electron chi connectivity index (χ4n) is 2.56. The van der Waals surface area contributed by atoms with Crippen molar-refractivity contribution in [3.8, 4) is 0 Å². The van der Waals surface area contributed by atoms with E-state index in [0.29, 0.717) is 18.7 Å². The van der Waals surface area contributed by atoms with Crippen LogP contribution in [0.5, 0.6) is 0 Å². The lowest BCUT2D eigenvalue weighted by Gasteiger charge is -2.16. The number of benzene rings is 1. The minimum atomic E-state index is -3.62. The molecule has 1 aromatic carbocycles. The maximum absolute atomic E-state index is 12.3. The molecule has 0 spiro atoms. The van der Waals surface area contributed by atoms with Crippen LogP contribution in [0, 0.1) is 6.92 Å². The van der Waals surface area contributed by atoms with Gasteiger partial charge in [0.05, 0.1) is 11.4 Å². The summed E-state index contributed by atoms with van der Waals surface area (Å²) in [6.45, 7) is 2.58. The van der Waals surface area contributed by atoms with Crippen molar-refractivity contribution < 1.29 is 17.6 Å². The number of amides is 1. The molecular formula is C16H18N2O4S. The number of carbonyl (C=O) groups excluding carboxylic acids is 1. The first-order valence-electron chi connectivity index (χ1n) is 7.41. The number of furan rings is 1. The highest BCUT2D eigenvalue weighted by molar-refractivity contribution is 7.89. The van der Waals surface area contributed by atoms with Gasteiger partial charge in [-0.25, -0.2) is 13.1 Å². The van der Waals surface area contributed by atoms with Crippen molar-refractivity contribution in [2.75, 3.05) is 11.4 Å². The van der Waals surface area contributed by atoms with E-state index in [9.17, 15) is 13.2 Å². The number of anilines is 1. The number of sulfonamides is 1. The van der Waals surface area contributed by atoms with Crippen LogP contribution in [0.1, 0.15) is 24.4 Å². The van der Waals surface area contributed by atoms with Crippen LogP contribution in [0.25, 0.3) is 0 Å². The molecule has 7 heteroatoms. The van der Waals surface area contributed by atoms with E-state index < -0.39 is 10.0 Å². The Hall–Kier alpha value is -2.12. The summed E-state index contributed by atoms with van der Waals surface area (Å²) in [5.74, 6) is 1.37. The number of aryl methyl sites for hydroxylation is 1. The third-order valence-corrected chi connectivity index (χ3v) is 5.18. The summed E-state index contributed by atoms with van der Waals surface area (Å²) in [4.78, 5) is 13.5. The van der Waals surface area contributed by atoms with E-state index in [1.807, 2.05) is 0 Å². The predicted octanol–water partition coefficient (Wildman–Crippen LogP) is 2.19. The van der Waals surface area contributed by atoms with Gasteiger partial charge >= 0.3 is 0 Å². The molecule has 122 valence electrons. The van der Waals surface area contributed by atoms with Gasteiger partial charge in [0.1, 0.15) is 11.5 Å². The molecule has 0 saturated carbocycles. The van der Waals surface area contributed by atoms with Gasteiger partial charge < -0.3 is 9.32 Å². The van der Waals surface area contributed by atoms with E-state index >= 15 is 0 Å². The van der Waals surface area contributed by atoms with Crippen LogP contribution in [-0.4, -0.2) is 20.9 Å². The van der Waals surface area contributed by atoms with Gasteiger partial charge in [0, 0.05) is 18.7 Å². The van der Waals surface area contributed by atoms with E-state index in [-0.39, 0.29) is 17.3 Å². The fraction of sp³-hybridized carbons (Fsp3) is 0.312. The first-order chi connectivity index (χ1) is 11.0. The Bertz CT molecular complexity index is 809. The monoisotopic (exact) mass is 334 g/mol. The van der Waals surface area contributed by atoms with Crippen molar-refractivity contribution in [2.24, 2.45) is 0 Å². The summed E-state index contributed by atoms with van der Waals surface area (Å²) >= 11 is 0. The van der Waals surface area contributed by atoms with Gasteiger partial charge in [-0.3, -0.25) is 4.79 Å². The van der Waals surface area contributed by atoms with Gasteiger partial charge in [0.25, 0.3) is 0 Å². The maximum atomic E-state index is 12.3. The number of nitrogens with one attached hydrogen (secondary N) is 1. The van der Waals surface area contributed by atoms with Crippen LogP contribution in [0.3, 0.4) is 0 Å². The number of hydrogen-bond donors (Lipinski definition) is 1. The largest absolute Gasteiger partial charge is 0.465 e. The summed E-state index contributed by atoms with van der Waals surface area (Å²) in [5.41, 5.74) is 0.730. The van der Waals surface area contributed by atoms with E-state index in [2.05, 4.69) is 4.72 Å². The Kier molecular flexibility index (Phi) is 4.23. The van der Waals surface area contributed by atoms with Crippen LogP contribution in [-0.2, 0) is 21.4 Å². The molecule has 0 radical (unpaired) electrons. The maximum Gasteiger partial charge on any atom is 0.240 e. The molecule has 1 aliphatic rings. The van der Waals surface area contributed by atoms with Crippen LogP contribution in [0.4, 0.5) is 5.69 Å². The van der Waals surface area contributed by atoms with E-state index in [4.69, 9.17) is 4.42 Å². The van der Waals surface area contributed by atoms with Crippen LogP contribution >= 0.6 is 0 Å². The quantitative estimate of drug-likeness (QED) is 0.909. The third kappa shape index (κ3) is 3.46. The molecule has 3 rings (SSSR count). The molecule has 1 saturated heterocycles. The molecule has 2 aromatic rings. The Morgan fingerprint density at radius 3 is 2.48 bits per heavy atom. The topological polar surface area (TPSA) is 79.6 Å². The molecule has 1 amide bonds. The second-order valence-electron chi connectivity index (χ2n) is 5.48. The second-order valence-corrected chi connectivity index (χ2v) is 7.25. The van der Waals surface area contributed by atoms with Gasteiger partial charge in [-0.2, -0.15) is 0 Å². The zero-order valence-corrected chi connectivity index (χ0v) is 13.6. The van der Waals surface area contributed by atoms with Gasteiger partial charge in [-0.15, -0.1) is 0 Å². The smallest absolute Gasteiger partial charge is 0.240 e. The Morgan fingerprint density at radius 1 is 1.17 bits per heavy atom. The molecule has 2 heterocycles. The van der Waals surface area contributed by atoms with Crippen molar-refractivity contribution in [2.45, 2.75) is 31.2 Å². The average Bonchev–Trinajstić information content (AvgIpc) is 3.14. The third-order valence-electron chi connectivity index (χ3n) is 3.76. The average molecular weight is 334 g/mol. The van der Waals surface area contributed by atoms with Crippen LogP contribution in [0.2, 0.25) is 0 Å². The van der Waals surface area contributed by atoms with Gasteiger partial charge in [0.15, 0.2) is 0 Å². The summed E-state index contributed by atoms with van der Waals surface area (Å²) in [6.07, 6.45) is 1.38. The molecule has 1 aromatic heterocycles. The molecule has 0 bridgehead atoms. The summed E-state index contributed by atoms with van der Waals surface area (Å²) in [5, 5.41) is 0. The number of rotatable bonds is 5. The Morgan fingerprint density at radius 2 is 1.91 bits per heavy atom. The van der Waals surface area contributed by atoms with Crippen molar-refractivity contribution in [1.29, 1.82) is 0 Å². The first kappa shape index (κ1) is 15.8. The Labute approximate surface area is 135 Å². The standard InChI is InChI=1S/C16H18N2O4S/c1-12-4-7-14(22-12)11-17-23(20,21)15-8-5-13(6-9-15)18-10-2-3-16(18)19/h4-9,17H,2-3,10-11H2,1H3. The summed E-state index contributed by atoms with van der Waals surface area (Å²) in [7, 11) is -3.62. The Balaban J connectivity index is 1.71.